The van der Waals surface area contributed by atoms with Gasteiger partial charge in [-0.1, -0.05) is 15.9 Å². The van der Waals surface area contributed by atoms with Crippen molar-refractivity contribution in [3.8, 4) is 10.6 Å². The van der Waals surface area contributed by atoms with Crippen molar-refractivity contribution in [2.75, 3.05) is 5.88 Å². The Morgan fingerprint density at radius 1 is 1.47 bits per heavy atom. The third kappa shape index (κ3) is 2.87. The summed E-state index contributed by atoms with van der Waals surface area (Å²) in [5.74, 6) is 0.308. The molecule has 0 aliphatic heterocycles. The van der Waals surface area contributed by atoms with Crippen LogP contribution in [0.15, 0.2) is 22.7 Å². The summed E-state index contributed by atoms with van der Waals surface area (Å²) in [6, 6.07) is 4.87. The lowest BCUT2D eigenvalue weighted by molar-refractivity contribution is 0.631. The van der Waals surface area contributed by atoms with Crippen molar-refractivity contribution in [1.29, 1.82) is 0 Å². The number of halogens is 3. The number of thiazole rings is 1. The zero-order valence-electron chi connectivity index (χ0n) is 9.14. The first-order valence-corrected chi connectivity index (χ1v) is 7.24. The van der Waals surface area contributed by atoms with E-state index in [0.717, 1.165) is 21.5 Å². The van der Waals surface area contributed by atoms with Crippen molar-refractivity contribution in [3.05, 3.63) is 39.1 Å². The van der Waals surface area contributed by atoms with Crippen LogP contribution in [0, 0.1) is 12.7 Å². The van der Waals surface area contributed by atoms with Crippen molar-refractivity contribution in [2.24, 2.45) is 0 Å². The van der Waals surface area contributed by atoms with Crippen LogP contribution < -0.4 is 0 Å². The van der Waals surface area contributed by atoms with Crippen LogP contribution in [-0.4, -0.2) is 10.9 Å². The molecule has 0 radical (unpaired) electrons. The van der Waals surface area contributed by atoms with Gasteiger partial charge in [0.15, 0.2) is 0 Å². The van der Waals surface area contributed by atoms with Gasteiger partial charge < -0.3 is 0 Å². The molecule has 0 aliphatic rings. The van der Waals surface area contributed by atoms with Gasteiger partial charge in [-0.05, 0) is 31.5 Å². The van der Waals surface area contributed by atoms with Crippen LogP contribution in [-0.2, 0) is 6.42 Å². The maximum Gasteiger partial charge on any atom is 0.133 e. The minimum absolute atomic E-state index is 0.251. The molecule has 5 heteroatoms. The zero-order chi connectivity index (χ0) is 12.4. The summed E-state index contributed by atoms with van der Waals surface area (Å²) in [5, 5.41) is 0.710. The highest BCUT2D eigenvalue weighted by molar-refractivity contribution is 9.10. The lowest BCUT2D eigenvalue weighted by Crippen LogP contribution is -1.85. The van der Waals surface area contributed by atoms with Gasteiger partial charge >= 0.3 is 0 Å². The first kappa shape index (κ1) is 13.0. The Morgan fingerprint density at radius 3 is 2.94 bits per heavy atom. The Bertz CT molecular complexity index is 541. The lowest BCUT2D eigenvalue weighted by Gasteiger charge is -1.99. The standard InChI is InChI=1S/C12H10BrClFNS/c1-7-11(4-5-14)17-12(16-7)9-6-8(13)2-3-10(9)15/h2-3,6H,4-5H2,1H3. The average Bonchev–Trinajstić information content (AvgIpc) is 2.64. The van der Waals surface area contributed by atoms with Gasteiger partial charge in [0.2, 0.25) is 0 Å². The molecule has 0 atom stereocenters. The second kappa shape index (κ2) is 5.46. The van der Waals surface area contributed by atoms with Crippen molar-refractivity contribution in [1.82, 2.24) is 4.98 Å². The van der Waals surface area contributed by atoms with Crippen molar-refractivity contribution in [2.45, 2.75) is 13.3 Å². The number of aromatic nitrogens is 1. The number of hydrogen-bond donors (Lipinski definition) is 0. The highest BCUT2D eigenvalue weighted by atomic mass is 79.9. The molecule has 17 heavy (non-hydrogen) atoms. The van der Waals surface area contributed by atoms with E-state index in [2.05, 4.69) is 20.9 Å². The minimum atomic E-state index is -0.251. The number of aryl methyl sites for hydroxylation is 2. The Morgan fingerprint density at radius 2 is 2.24 bits per heavy atom. The van der Waals surface area contributed by atoms with Gasteiger partial charge in [-0.2, -0.15) is 0 Å². The largest absolute Gasteiger partial charge is 0.241 e. The third-order valence-corrected chi connectivity index (χ3v) is 4.31. The van der Waals surface area contributed by atoms with Crippen LogP contribution in [0.1, 0.15) is 10.6 Å². The van der Waals surface area contributed by atoms with Crippen molar-refractivity contribution < 1.29 is 4.39 Å². The first-order chi connectivity index (χ1) is 8.11. The summed E-state index contributed by atoms with van der Waals surface area (Å²) in [6.07, 6.45) is 0.778. The highest BCUT2D eigenvalue weighted by Crippen LogP contribution is 2.31. The molecular formula is C12H10BrClFNS. The molecule has 0 N–H and O–H groups in total. The predicted octanol–water partition coefficient (Wildman–Crippen LogP) is 4.80. The Balaban J connectivity index is 2.45. The SMILES string of the molecule is Cc1nc(-c2cc(Br)ccc2F)sc1CCCl. The quantitative estimate of drug-likeness (QED) is 0.735. The van der Waals surface area contributed by atoms with E-state index in [9.17, 15) is 4.39 Å². The fourth-order valence-electron chi connectivity index (χ4n) is 1.52. The molecule has 0 fully saturated rings. The van der Waals surface area contributed by atoms with Gasteiger partial charge in [-0.3, -0.25) is 0 Å². The molecule has 1 aromatic carbocycles. The molecule has 1 aromatic heterocycles. The first-order valence-electron chi connectivity index (χ1n) is 5.09. The predicted molar refractivity (Wildman–Crippen MR) is 74.4 cm³/mol. The van der Waals surface area contributed by atoms with Crippen LogP contribution in [0.4, 0.5) is 4.39 Å². The maximum atomic E-state index is 13.7. The van der Waals surface area contributed by atoms with Gasteiger partial charge in [0, 0.05) is 20.8 Å². The molecule has 0 unspecified atom stereocenters. The number of alkyl halides is 1. The third-order valence-electron chi connectivity index (χ3n) is 2.37. The van der Waals surface area contributed by atoms with E-state index in [0.29, 0.717) is 16.5 Å². The van der Waals surface area contributed by atoms with E-state index in [4.69, 9.17) is 11.6 Å². The monoisotopic (exact) mass is 333 g/mol. The van der Waals surface area contributed by atoms with Crippen molar-refractivity contribution in [3.63, 3.8) is 0 Å². The molecule has 1 heterocycles. The van der Waals surface area contributed by atoms with E-state index in [1.807, 2.05) is 6.92 Å². The lowest BCUT2D eigenvalue weighted by atomic mass is 10.2. The normalized spacial score (nSPS) is 10.8. The summed E-state index contributed by atoms with van der Waals surface area (Å²) in [5.41, 5.74) is 1.47. The fraction of sp³-hybridized carbons (Fsp3) is 0.250. The van der Waals surface area contributed by atoms with E-state index >= 15 is 0 Å². The van der Waals surface area contributed by atoms with Gasteiger partial charge in [-0.15, -0.1) is 22.9 Å². The topological polar surface area (TPSA) is 12.9 Å². The minimum Gasteiger partial charge on any atom is -0.241 e. The fourth-order valence-corrected chi connectivity index (χ4v) is 3.26. The summed E-state index contributed by atoms with van der Waals surface area (Å²) in [7, 11) is 0. The second-order valence-electron chi connectivity index (χ2n) is 3.59. The molecule has 0 saturated carbocycles. The molecule has 1 nitrogen and oxygen atoms in total. The zero-order valence-corrected chi connectivity index (χ0v) is 12.3. The summed E-state index contributed by atoms with van der Waals surface area (Å²) < 4.78 is 14.5. The van der Waals surface area contributed by atoms with E-state index < -0.39 is 0 Å². The number of benzene rings is 1. The van der Waals surface area contributed by atoms with Crippen LogP contribution in [0.2, 0.25) is 0 Å². The number of hydrogen-bond acceptors (Lipinski definition) is 2. The van der Waals surface area contributed by atoms with Crippen LogP contribution in [0.3, 0.4) is 0 Å². The Labute approximate surface area is 117 Å². The van der Waals surface area contributed by atoms with Gasteiger partial charge in [-0.25, -0.2) is 9.37 Å². The molecule has 0 amide bonds. The number of nitrogens with zero attached hydrogens (tertiary/aromatic N) is 1. The van der Waals surface area contributed by atoms with E-state index in [1.54, 1.807) is 12.1 Å². The molecule has 2 rings (SSSR count). The molecule has 0 bridgehead atoms. The van der Waals surface area contributed by atoms with Crippen LogP contribution >= 0.6 is 38.9 Å². The van der Waals surface area contributed by atoms with Gasteiger partial charge in [0.1, 0.15) is 10.8 Å². The Kier molecular flexibility index (Phi) is 4.17. The molecule has 0 aliphatic carbocycles. The molecule has 0 saturated heterocycles. The molecular weight excluding hydrogens is 325 g/mol. The van der Waals surface area contributed by atoms with Crippen LogP contribution in [0.5, 0.6) is 0 Å². The highest BCUT2D eigenvalue weighted by Gasteiger charge is 2.12. The van der Waals surface area contributed by atoms with Gasteiger partial charge in [0.05, 0.1) is 5.69 Å². The van der Waals surface area contributed by atoms with E-state index in [-0.39, 0.29) is 5.82 Å². The summed E-state index contributed by atoms with van der Waals surface area (Å²) in [6.45, 7) is 1.93. The van der Waals surface area contributed by atoms with E-state index in [1.165, 1.54) is 17.4 Å². The molecule has 90 valence electrons. The molecule has 0 spiro atoms. The summed E-state index contributed by atoms with van der Waals surface area (Å²) >= 11 is 10.6. The van der Waals surface area contributed by atoms with Crippen LogP contribution in [0.25, 0.3) is 10.6 Å². The van der Waals surface area contributed by atoms with Crippen molar-refractivity contribution >= 4 is 38.9 Å². The summed E-state index contributed by atoms with van der Waals surface area (Å²) in [4.78, 5) is 5.52. The smallest absolute Gasteiger partial charge is 0.133 e. The van der Waals surface area contributed by atoms with Gasteiger partial charge in [0.25, 0.3) is 0 Å². The average molecular weight is 335 g/mol. The number of rotatable bonds is 3. The Hall–Kier alpha value is -0.450. The second-order valence-corrected chi connectivity index (χ2v) is 5.97. The molecule has 2 aromatic rings. The maximum absolute atomic E-state index is 13.7.